The maximum Gasteiger partial charge on any atom is 0.425 e. The van der Waals surface area contributed by atoms with Gasteiger partial charge in [-0.25, -0.2) is 4.98 Å². The van der Waals surface area contributed by atoms with Gasteiger partial charge in [-0.3, -0.25) is 18.1 Å². The van der Waals surface area contributed by atoms with Crippen LogP contribution in [0.15, 0.2) is 121 Å². The lowest BCUT2D eigenvalue weighted by molar-refractivity contribution is 0.317. The van der Waals surface area contributed by atoms with E-state index in [1.807, 2.05) is 19.1 Å². The van der Waals surface area contributed by atoms with Crippen molar-refractivity contribution in [1.29, 1.82) is 10.5 Å². The summed E-state index contributed by atoms with van der Waals surface area (Å²) in [5, 5.41) is 58.3. The molecule has 3 aromatic heterocycles. The summed E-state index contributed by atoms with van der Waals surface area (Å²) in [6, 6.07) is 27.1. The van der Waals surface area contributed by atoms with Crippen molar-refractivity contribution in [1.82, 2.24) is 9.38 Å². The van der Waals surface area contributed by atoms with Crippen molar-refractivity contribution in [2.45, 2.75) is 32.1 Å². The lowest BCUT2D eigenvalue weighted by Crippen LogP contribution is -2.08. The van der Waals surface area contributed by atoms with E-state index in [-0.39, 0.29) is 74.2 Å². The van der Waals surface area contributed by atoms with Crippen LogP contribution in [0.3, 0.4) is 0 Å². The summed E-state index contributed by atoms with van der Waals surface area (Å²) in [4.78, 5) is 4.06. The van der Waals surface area contributed by atoms with E-state index in [1.165, 1.54) is 34.7 Å². The minimum atomic E-state index is -4.64. The number of ether oxygens (including phenoxy) is 1. The molecule has 368 valence electrons. The van der Waals surface area contributed by atoms with Gasteiger partial charge in [0.2, 0.25) is 5.88 Å². The van der Waals surface area contributed by atoms with Crippen LogP contribution in [0.2, 0.25) is 0 Å². The average molecular weight is 1070 g/mol. The monoisotopic (exact) mass is 1060 g/mol. The fraction of sp³-hybridized carbons (Fsp3) is 0.167. The third-order valence-corrected chi connectivity index (χ3v) is 12.0. The number of thiophene rings is 1. The van der Waals surface area contributed by atoms with Crippen molar-refractivity contribution in [3.8, 4) is 34.9 Å². The van der Waals surface area contributed by atoms with Crippen LogP contribution in [0.5, 0.6) is 11.6 Å². The standard InChI is InChI=1S/C41H32N10O8S3.CH4O3S.O3S/c1-23-13-15-26(16-14-23)36-28(22-43)39(60-40(36)50-45-30-10-5-7-12-35(30)62(56,57)58)49-46-31-20-34(59-17-8-18-61(53,54)55)32(19-24(31)2)47-48-37-25(3)27(21-42)38-44-29-9-4-6-11-33(29)51(38)41(37)52;1-5(2,3)4;1-4(2)3/h4-7,9-16,19-20,52H,8,17-18H2,1-3H3,(H,53,54,55)(H,56,57,58);1H3,(H,2,3,4);. The Morgan fingerprint density at radius 3 is 1.94 bits per heavy atom. The fourth-order valence-corrected chi connectivity index (χ4v) is 8.33. The molecule has 0 spiro atoms. The highest BCUT2D eigenvalue weighted by atomic mass is 32.2. The summed E-state index contributed by atoms with van der Waals surface area (Å²) in [5.41, 5.74) is 4.52. The average Bonchev–Trinajstić information content (AvgIpc) is 3.84. The smallest absolute Gasteiger partial charge is 0.425 e. The molecule has 0 saturated heterocycles. The second kappa shape index (κ2) is 22.8. The molecular weight excluding hydrogens is 1030 g/mol. The zero-order chi connectivity index (χ0) is 52.4. The summed E-state index contributed by atoms with van der Waals surface area (Å²) in [6.45, 7) is 5.01. The number of hydrogen-bond acceptors (Lipinski definition) is 21. The Morgan fingerprint density at radius 2 is 1.32 bits per heavy atom. The van der Waals surface area contributed by atoms with E-state index >= 15 is 0 Å². The van der Waals surface area contributed by atoms with Crippen LogP contribution < -0.4 is 4.74 Å². The molecule has 0 atom stereocenters. The molecule has 3 heterocycles. The van der Waals surface area contributed by atoms with Crippen molar-refractivity contribution >= 4 is 102 Å². The number of fused-ring (bicyclic) bond motifs is 3. The largest absolute Gasteiger partial charge is 0.493 e. The van der Waals surface area contributed by atoms with Gasteiger partial charge in [0.1, 0.15) is 50.3 Å². The van der Waals surface area contributed by atoms with Crippen LogP contribution in [0.1, 0.15) is 34.2 Å². The lowest BCUT2D eigenvalue weighted by atomic mass is 10.0. The van der Waals surface area contributed by atoms with Crippen molar-refractivity contribution in [2.75, 3.05) is 18.6 Å². The van der Waals surface area contributed by atoms with E-state index in [0.717, 1.165) is 16.9 Å². The Labute approximate surface area is 409 Å². The van der Waals surface area contributed by atoms with Gasteiger partial charge in [-0.1, -0.05) is 65.4 Å². The molecule has 4 aromatic carbocycles. The highest BCUT2D eigenvalue weighted by molar-refractivity contribution is 7.86. The maximum absolute atomic E-state index is 12.0. The third kappa shape index (κ3) is 14.4. The molecule has 0 radical (unpaired) electrons. The molecule has 0 aliphatic heterocycles. The zero-order valence-corrected chi connectivity index (χ0v) is 41.2. The van der Waals surface area contributed by atoms with Gasteiger partial charge in [0.25, 0.3) is 30.4 Å². The van der Waals surface area contributed by atoms with E-state index in [1.54, 1.807) is 56.3 Å². The van der Waals surface area contributed by atoms with E-state index < -0.39 is 51.6 Å². The number of aromatic nitrogens is 2. The molecule has 0 aliphatic rings. The lowest BCUT2D eigenvalue weighted by Gasteiger charge is -2.12. The van der Waals surface area contributed by atoms with Crippen LogP contribution in [-0.4, -0.2) is 84.6 Å². The van der Waals surface area contributed by atoms with Gasteiger partial charge in [0, 0.05) is 17.2 Å². The van der Waals surface area contributed by atoms with E-state index in [0.29, 0.717) is 39.5 Å². The van der Waals surface area contributed by atoms with Gasteiger partial charge in [0.05, 0.1) is 35.3 Å². The van der Waals surface area contributed by atoms with Crippen molar-refractivity contribution in [3.05, 3.63) is 113 Å². The number of aryl methyl sites for hydroxylation is 2. The number of nitrogens with zero attached hydrogens (tertiary/aromatic N) is 10. The Hall–Kier alpha value is -7.74. The van der Waals surface area contributed by atoms with Crippen LogP contribution in [0.4, 0.5) is 32.8 Å². The molecule has 71 heavy (non-hydrogen) atoms. The molecule has 0 amide bonds. The first-order valence-electron chi connectivity index (χ1n) is 19.7. The van der Waals surface area contributed by atoms with Gasteiger partial charge < -0.3 is 9.84 Å². The molecule has 0 aliphatic carbocycles. The predicted octanol–water partition coefficient (Wildman–Crippen LogP) is 9.24. The summed E-state index contributed by atoms with van der Waals surface area (Å²) < 4.78 is 124. The van der Waals surface area contributed by atoms with Gasteiger partial charge >= 0.3 is 10.6 Å². The van der Waals surface area contributed by atoms with Crippen molar-refractivity contribution < 1.29 is 61.4 Å². The van der Waals surface area contributed by atoms with Gasteiger partial charge in [-0.05, 0) is 68.7 Å². The van der Waals surface area contributed by atoms with Crippen LogP contribution in [0, 0.1) is 43.4 Å². The molecule has 7 aromatic rings. The number of aromatic hydroxyl groups is 1. The van der Waals surface area contributed by atoms with Gasteiger partial charge in [-0.15, -0.1) is 43.3 Å². The second-order valence-corrected chi connectivity index (χ2v) is 20.4. The molecule has 0 fully saturated rings. The minimum absolute atomic E-state index is 0.0171. The number of nitriles is 2. The number of azo groups is 3. The molecule has 7 rings (SSSR count). The molecule has 0 bridgehead atoms. The SMILES string of the molecule is CS(=O)(=O)O.Cc1ccc(-c2c(N=Nc3ccccc3S(=O)(=O)O)sc(N=Nc3cc(OCCCS(=O)(=O)O)c(N=Nc4c(C)c(C#N)c5nc6ccccc6n5c4O)cc3C)c2C#N)cc1.O=S(=O)=O. The topological polar surface area (TPSA) is 383 Å². The van der Waals surface area contributed by atoms with Crippen LogP contribution in [-0.2, 0) is 41.0 Å². The van der Waals surface area contributed by atoms with E-state index in [2.05, 4.69) is 47.8 Å². The Bertz CT molecular complexity index is 3830. The summed E-state index contributed by atoms with van der Waals surface area (Å²) in [5.74, 6) is -0.831. The zero-order valence-electron chi connectivity index (χ0n) is 37.1. The Morgan fingerprint density at radius 1 is 0.746 bits per heavy atom. The molecular formula is C42H36N10O14S5. The number of benzene rings is 4. The number of imidazole rings is 1. The first-order chi connectivity index (χ1) is 33.3. The van der Waals surface area contributed by atoms with Gasteiger partial charge in [-0.2, -0.15) is 35.8 Å². The quantitative estimate of drug-likeness (QED) is 0.0474. The Balaban J connectivity index is 0.000000958. The van der Waals surface area contributed by atoms with Crippen molar-refractivity contribution in [2.24, 2.45) is 30.7 Å². The third-order valence-electron chi connectivity index (χ3n) is 9.35. The van der Waals surface area contributed by atoms with Gasteiger partial charge in [0.15, 0.2) is 16.3 Å². The van der Waals surface area contributed by atoms with E-state index in [4.69, 9.17) is 21.9 Å². The fourth-order valence-electron chi connectivity index (χ4n) is 6.31. The summed E-state index contributed by atoms with van der Waals surface area (Å²) in [6.07, 6.45) is 0.623. The number of rotatable bonds is 13. The van der Waals surface area contributed by atoms with Crippen LogP contribution >= 0.6 is 11.3 Å². The normalized spacial score (nSPS) is 11.8. The Kier molecular flexibility index (Phi) is 17.4. The molecule has 0 saturated carbocycles. The molecule has 4 N–H and O–H groups in total. The minimum Gasteiger partial charge on any atom is -0.493 e. The molecule has 24 nitrogen and oxygen atoms in total. The van der Waals surface area contributed by atoms with Crippen molar-refractivity contribution in [3.63, 3.8) is 0 Å². The second-order valence-electron chi connectivity index (χ2n) is 14.6. The summed E-state index contributed by atoms with van der Waals surface area (Å²) >= 11 is 0.954. The first kappa shape index (κ1) is 54.2. The molecule has 0 unspecified atom stereocenters. The highest BCUT2D eigenvalue weighted by Gasteiger charge is 2.23. The summed E-state index contributed by atoms with van der Waals surface area (Å²) in [7, 11) is -15.7. The predicted molar refractivity (Wildman–Crippen MR) is 257 cm³/mol. The molecule has 29 heteroatoms. The van der Waals surface area contributed by atoms with Crippen LogP contribution in [0.25, 0.3) is 27.8 Å². The van der Waals surface area contributed by atoms with E-state index in [9.17, 15) is 50.0 Å². The highest BCUT2D eigenvalue weighted by Crippen LogP contribution is 2.49. The number of hydrogen-bond donors (Lipinski definition) is 4. The first-order valence-corrected chi connectivity index (χ1v) is 26.4. The maximum atomic E-state index is 12.0. The number of para-hydroxylation sites is 2. The number of pyridine rings is 1.